The zero-order valence-corrected chi connectivity index (χ0v) is 19.3. The van der Waals surface area contributed by atoms with Crippen molar-refractivity contribution in [3.8, 4) is 0 Å². The van der Waals surface area contributed by atoms with Crippen LogP contribution in [0.2, 0.25) is 0 Å². The zero-order chi connectivity index (χ0) is 23.3. The molecule has 7 heteroatoms. The van der Waals surface area contributed by atoms with Crippen molar-refractivity contribution in [2.24, 2.45) is 0 Å². The lowest BCUT2D eigenvalue weighted by molar-refractivity contribution is 0.253. The number of carbonyl (C=O) groups excluding carboxylic acids is 1. The van der Waals surface area contributed by atoms with Crippen molar-refractivity contribution in [2.75, 3.05) is 9.21 Å². The summed E-state index contributed by atoms with van der Waals surface area (Å²) in [6.45, 7) is 8.12. The molecule has 0 aliphatic carbocycles. The number of hydrogen-bond acceptors (Lipinski definition) is 3. The summed E-state index contributed by atoms with van der Waals surface area (Å²) in [7, 11) is -4.19. The van der Waals surface area contributed by atoms with Gasteiger partial charge in [-0.15, -0.1) is 0 Å². The summed E-state index contributed by atoms with van der Waals surface area (Å²) in [6.07, 6.45) is 0. The number of benzene rings is 3. The molecule has 32 heavy (non-hydrogen) atoms. The Morgan fingerprint density at radius 1 is 0.938 bits per heavy atom. The van der Waals surface area contributed by atoms with E-state index in [0.717, 1.165) is 17.2 Å². The van der Waals surface area contributed by atoms with E-state index in [4.69, 9.17) is 0 Å². The van der Waals surface area contributed by atoms with Crippen LogP contribution in [0.3, 0.4) is 0 Å². The fourth-order valence-electron chi connectivity index (χ4n) is 3.71. The van der Waals surface area contributed by atoms with Crippen LogP contribution in [-0.4, -0.2) is 14.4 Å². The first-order valence-corrected chi connectivity index (χ1v) is 11.8. The largest absolute Gasteiger partial charge is 0.343 e. The van der Waals surface area contributed by atoms with Gasteiger partial charge in [0, 0.05) is 0 Å². The van der Waals surface area contributed by atoms with Crippen LogP contribution in [0, 0.1) is 12.7 Å². The lowest BCUT2D eigenvalue weighted by atomic mass is 9.87. The van der Waals surface area contributed by atoms with Gasteiger partial charge >= 0.3 is 6.03 Å². The highest BCUT2D eigenvalue weighted by Gasteiger charge is 2.42. The molecule has 0 radical (unpaired) electrons. The van der Waals surface area contributed by atoms with Gasteiger partial charge in [-0.1, -0.05) is 63.2 Å². The highest BCUT2D eigenvalue weighted by molar-refractivity contribution is 7.94. The maximum Gasteiger partial charge on any atom is 0.343 e. The fourth-order valence-corrected chi connectivity index (χ4v) is 5.30. The standard InChI is InChI=1S/C25H25FN2O3S/c1-17-9-14-20(15-21(17)26)28-24(29)27(22-7-5-6-8-23(22)32(28,30)31)16-18-10-12-19(13-11-18)25(2,3)4/h5-15H,16H2,1-4H3. The third kappa shape index (κ3) is 3.77. The van der Waals surface area contributed by atoms with Gasteiger partial charge in [-0.25, -0.2) is 17.6 Å². The molecule has 0 saturated heterocycles. The summed E-state index contributed by atoms with van der Waals surface area (Å²) < 4.78 is 41.6. The Bertz CT molecular complexity index is 1300. The molecule has 1 aliphatic heterocycles. The molecule has 5 nitrogen and oxygen atoms in total. The van der Waals surface area contributed by atoms with Crippen molar-refractivity contribution in [2.45, 2.75) is 44.6 Å². The molecule has 2 amide bonds. The SMILES string of the molecule is Cc1ccc(N2C(=O)N(Cc3ccc(C(C)(C)C)cc3)c3ccccc3S2(=O)=O)cc1F. The predicted octanol–water partition coefficient (Wildman–Crippen LogP) is 5.77. The molecule has 0 unspecified atom stereocenters. The second-order valence-electron chi connectivity index (χ2n) is 8.99. The first-order chi connectivity index (χ1) is 15.0. The van der Waals surface area contributed by atoms with Crippen molar-refractivity contribution < 1.29 is 17.6 Å². The molecule has 0 aromatic heterocycles. The third-order valence-corrected chi connectivity index (χ3v) is 7.38. The molecular weight excluding hydrogens is 427 g/mol. The van der Waals surface area contributed by atoms with Crippen molar-refractivity contribution in [1.29, 1.82) is 0 Å². The third-order valence-electron chi connectivity index (χ3n) is 5.63. The van der Waals surface area contributed by atoms with Gasteiger partial charge < -0.3 is 0 Å². The second kappa shape index (κ2) is 7.74. The summed E-state index contributed by atoms with van der Waals surface area (Å²) >= 11 is 0. The number of halogens is 1. The monoisotopic (exact) mass is 452 g/mol. The van der Waals surface area contributed by atoms with E-state index in [-0.39, 0.29) is 22.5 Å². The van der Waals surface area contributed by atoms with E-state index < -0.39 is 21.9 Å². The highest BCUT2D eigenvalue weighted by atomic mass is 32.2. The number of carbonyl (C=O) groups is 1. The van der Waals surface area contributed by atoms with E-state index >= 15 is 0 Å². The van der Waals surface area contributed by atoms with Crippen LogP contribution in [-0.2, 0) is 22.0 Å². The molecule has 4 rings (SSSR count). The molecule has 1 aliphatic rings. The van der Waals surface area contributed by atoms with Crippen LogP contribution in [0.5, 0.6) is 0 Å². The molecule has 0 N–H and O–H groups in total. The smallest absolute Gasteiger partial charge is 0.287 e. The van der Waals surface area contributed by atoms with Gasteiger partial charge in [0.15, 0.2) is 0 Å². The molecule has 3 aromatic carbocycles. The van der Waals surface area contributed by atoms with Crippen LogP contribution < -0.4 is 9.21 Å². The Balaban J connectivity index is 1.80. The summed E-state index contributed by atoms with van der Waals surface area (Å²) in [5.74, 6) is -0.575. The van der Waals surface area contributed by atoms with Crippen LogP contribution in [0.15, 0.2) is 71.6 Å². The summed E-state index contributed by atoms with van der Waals surface area (Å²) in [5, 5.41) is 0. The topological polar surface area (TPSA) is 57.7 Å². The number of urea groups is 1. The quantitative estimate of drug-likeness (QED) is 0.507. The normalized spacial score (nSPS) is 15.6. The minimum Gasteiger partial charge on any atom is -0.287 e. The Kier molecular flexibility index (Phi) is 5.33. The molecule has 1 heterocycles. The molecule has 0 bridgehead atoms. The Morgan fingerprint density at radius 3 is 2.22 bits per heavy atom. The van der Waals surface area contributed by atoms with E-state index in [1.165, 1.54) is 23.1 Å². The van der Waals surface area contributed by atoms with Crippen molar-refractivity contribution in [3.05, 3.63) is 89.2 Å². The van der Waals surface area contributed by atoms with E-state index in [1.807, 2.05) is 24.3 Å². The number of rotatable bonds is 3. The first kappa shape index (κ1) is 22.0. The average Bonchev–Trinajstić information content (AvgIpc) is 2.73. The second-order valence-corrected chi connectivity index (χ2v) is 10.7. The number of hydrogen-bond donors (Lipinski definition) is 0. The van der Waals surface area contributed by atoms with Gasteiger partial charge in [-0.2, -0.15) is 4.31 Å². The van der Waals surface area contributed by atoms with E-state index in [2.05, 4.69) is 20.8 Å². The fraction of sp³-hybridized carbons (Fsp3) is 0.240. The minimum absolute atomic E-state index is 0.00638. The lowest BCUT2D eigenvalue weighted by Gasteiger charge is -2.36. The number of aryl methyl sites for hydroxylation is 1. The Hall–Kier alpha value is -3.19. The van der Waals surface area contributed by atoms with Crippen molar-refractivity contribution >= 4 is 27.4 Å². The van der Waals surface area contributed by atoms with Crippen LogP contribution in [0.1, 0.15) is 37.5 Å². The minimum atomic E-state index is -4.19. The van der Waals surface area contributed by atoms with Gasteiger partial charge in [0.05, 0.1) is 17.9 Å². The van der Waals surface area contributed by atoms with Crippen LogP contribution in [0.25, 0.3) is 0 Å². The van der Waals surface area contributed by atoms with Crippen LogP contribution >= 0.6 is 0 Å². The number of para-hydroxylation sites is 1. The number of nitrogens with zero attached hydrogens (tertiary/aromatic N) is 2. The summed E-state index contributed by atoms with van der Waals surface area (Å²) in [5.41, 5.74) is 2.65. The number of amides is 2. The predicted molar refractivity (Wildman–Crippen MR) is 124 cm³/mol. The molecule has 0 saturated carbocycles. The molecular formula is C25H25FN2O3S. The number of anilines is 2. The summed E-state index contributed by atoms with van der Waals surface area (Å²) in [6, 6.07) is 17.5. The Labute approximate surface area is 188 Å². The van der Waals surface area contributed by atoms with E-state index in [9.17, 15) is 17.6 Å². The summed E-state index contributed by atoms with van der Waals surface area (Å²) in [4.78, 5) is 14.9. The molecule has 0 fully saturated rings. The zero-order valence-electron chi connectivity index (χ0n) is 18.5. The van der Waals surface area contributed by atoms with Gasteiger partial charge in [0.2, 0.25) is 0 Å². The Morgan fingerprint density at radius 2 is 1.59 bits per heavy atom. The molecule has 0 spiro atoms. The first-order valence-electron chi connectivity index (χ1n) is 10.3. The van der Waals surface area contributed by atoms with Crippen molar-refractivity contribution in [3.63, 3.8) is 0 Å². The van der Waals surface area contributed by atoms with E-state index in [1.54, 1.807) is 25.1 Å². The van der Waals surface area contributed by atoms with E-state index in [0.29, 0.717) is 15.6 Å². The van der Waals surface area contributed by atoms with Gasteiger partial charge in [0.1, 0.15) is 10.7 Å². The van der Waals surface area contributed by atoms with Gasteiger partial charge in [-0.3, -0.25) is 4.90 Å². The van der Waals surface area contributed by atoms with Gasteiger partial charge in [-0.05, 0) is 53.3 Å². The average molecular weight is 453 g/mol. The maximum absolute atomic E-state index is 14.2. The van der Waals surface area contributed by atoms with Crippen LogP contribution in [0.4, 0.5) is 20.6 Å². The maximum atomic E-state index is 14.2. The highest BCUT2D eigenvalue weighted by Crippen LogP contribution is 2.38. The lowest BCUT2D eigenvalue weighted by Crippen LogP contribution is -2.50. The number of sulfonamides is 1. The molecule has 0 atom stereocenters. The molecule has 166 valence electrons. The van der Waals surface area contributed by atoms with Crippen molar-refractivity contribution in [1.82, 2.24) is 0 Å². The van der Waals surface area contributed by atoms with Gasteiger partial charge in [0.25, 0.3) is 10.0 Å². The number of fused-ring (bicyclic) bond motifs is 1. The molecule has 3 aromatic rings.